The van der Waals surface area contributed by atoms with E-state index < -0.39 is 0 Å². The third-order valence-electron chi connectivity index (χ3n) is 5.91. The second-order valence-electron chi connectivity index (χ2n) is 8.81. The molecule has 2 aromatic heterocycles. The van der Waals surface area contributed by atoms with Gasteiger partial charge < -0.3 is 15.4 Å². The summed E-state index contributed by atoms with van der Waals surface area (Å²) >= 11 is 0. The number of hydrogen-bond acceptors (Lipinski definition) is 5. The molecule has 0 saturated carbocycles. The lowest BCUT2D eigenvalue weighted by Gasteiger charge is -2.32. The number of fused-ring (bicyclic) bond motifs is 2. The third kappa shape index (κ3) is 3.95. The molecule has 0 spiro atoms. The largest absolute Gasteiger partial charge is 0.493 e. The van der Waals surface area contributed by atoms with Gasteiger partial charge in [0.2, 0.25) is 0 Å². The Bertz CT molecular complexity index is 1210. The number of rotatable bonds is 5. The van der Waals surface area contributed by atoms with Crippen molar-refractivity contribution in [2.24, 2.45) is 11.7 Å². The van der Waals surface area contributed by atoms with Crippen LogP contribution >= 0.6 is 0 Å². The number of anilines is 1. The predicted molar refractivity (Wildman–Crippen MR) is 126 cm³/mol. The SMILES string of the molecule is CC(C)COc1ccc2c(c1)ncn2-c1ccc2cccc(N3CCC(N)CC3)c2n1. The molecule has 1 aliphatic rings. The Balaban J connectivity index is 1.51. The molecule has 0 bridgehead atoms. The minimum Gasteiger partial charge on any atom is -0.493 e. The number of imidazole rings is 1. The zero-order valence-electron chi connectivity index (χ0n) is 18.2. The maximum Gasteiger partial charge on any atom is 0.139 e. The summed E-state index contributed by atoms with van der Waals surface area (Å²) in [5, 5.41) is 1.14. The first-order valence-corrected chi connectivity index (χ1v) is 11.1. The van der Waals surface area contributed by atoms with E-state index >= 15 is 0 Å². The number of ether oxygens (including phenoxy) is 1. The van der Waals surface area contributed by atoms with Gasteiger partial charge in [-0.3, -0.25) is 4.57 Å². The fraction of sp³-hybridized carbons (Fsp3) is 0.360. The fourth-order valence-corrected chi connectivity index (χ4v) is 4.18. The molecule has 2 aromatic carbocycles. The van der Waals surface area contributed by atoms with E-state index in [9.17, 15) is 0 Å². The summed E-state index contributed by atoms with van der Waals surface area (Å²) in [6.07, 6.45) is 3.88. The van der Waals surface area contributed by atoms with E-state index in [1.165, 1.54) is 5.69 Å². The second kappa shape index (κ2) is 8.19. The Hall–Kier alpha value is -3.12. The standard InChI is InChI=1S/C25H29N5O/c1-17(2)15-31-20-7-8-22-21(14-20)27-16-30(22)24-9-6-18-4-3-5-23(25(18)28-24)29-12-10-19(26)11-13-29/h3-9,14,16-17,19H,10-13,15,26H2,1-2H3. The normalized spacial score (nSPS) is 15.3. The highest BCUT2D eigenvalue weighted by Crippen LogP contribution is 2.29. The fourth-order valence-electron chi connectivity index (χ4n) is 4.18. The van der Waals surface area contributed by atoms with Gasteiger partial charge in [-0.05, 0) is 49.1 Å². The molecule has 4 aromatic rings. The Morgan fingerprint density at radius 1 is 1.10 bits per heavy atom. The van der Waals surface area contributed by atoms with Gasteiger partial charge in [-0.1, -0.05) is 26.0 Å². The monoisotopic (exact) mass is 415 g/mol. The second-order valence-corrected chi connectivity index (χ2v) is 8.81. The van der Waals surface area contributed by atoms with Crippen LogP contribution in [0.2, 0.25) is 0 Å². The molecule has 0 atom stereocenters. The minimum atomic E-state index is 0.307. The smallest absolute Gasteiger partial charge is 0.139 e. The van der Waals surface area contributed by atoms with Crippen LogP contribution in [0, 0.1) is 5.92 Å². The van der Waals surface area contributed by atoms with Gasteiger partial charge in [-0.25, -0.2) is 9.97 Å². The highest BCUT2D eigenvalue weighted by atomic mass is 16.5. The third-order valence-corrected chi connectivity index (χ3v) is 5.91. The van der Waals surface area contributed by atoms with Gasteiger partial charge in [0.05, 0.1) is 28.8 Å². The number of aromatic nitrogens is 3. The zero-order chi connectivity index (χ0) is 21.4. The Kier molecular flexibility index (Phi) is 5.24. The van der Waals surface area contributed by atoms with Crippen LogP contribution in [-0.4, -0.2) is 40.3 Å². The molecule has 1 fully saturated rings. The molecule has 0 unspecified atom stereocenters. The van der Waals surface area contributed by atoms with Crippen molar-refractivity contribution >= 4 is 27.6 Å². The number of nitrogens with zero attached hydrogens (tertiary/aromatic N) is 4. The van der Waals surface area contributed by atoms with E-state index in [2.05, 4.69) is 60.1 Å². The molecule has 6 nitrogen and oxygen atoms in total. The molecule has 0 amide bonds. The molecule has 160 valence electrons. The molecule has 1 aliphatic heterocycles. The summed E-state index contributed by atoms with van der Waals surface area (Å²) in [6.45, 7) is 6.93. The van der Waals surface area contributed by atoms with Crippen molar-refractivity contribution in [2.45, 2.75) is 32.7 Å². The molecule has 3 heterocycles. The maximum absolute atomic E-state index is 6.11. The van der Waals surface area contributed by atoms with E-state index in [1.807, 2.05) is 23.0 Å². The van der Waals surface area contributed by atoms with Crippen LogP contribution in [0.5, 0.6) is 5.75 Å². The summed E-state index contributed by atoms with van der Waals surface area (Å²) in [5.41, 5.74) is 10.2. The molecule has 31 heavy (non-hydrogen) atoms. The lowest BCUT2D eigenvalue weighted by Crippen LogP contribution is -2.39. The first-order chi connectivity index (χ1) is 15.1. The summed E-state index contributed by atoms with van der Waals surface area (Å²) in [5.74, 6) is 2.20. The Morgan fingerprint density at radius 3 is 2.74 bits per heavy atom. The van der Waals surface area contributed by atoms with Gasteiger partial charge in [0.15, 0.2) is 0 Å². The maximum atomic E-state index is 6.11. The average molecular weight is 416 g/mol. The molecule has 1 saturated heterocycles. The Morgan fingerprint density at radius 2 is 1.94 bits per heavy atom. The summed E-state index contributed by atoms with van der Waals surface area (Å²) in [4.78, 5) is 12.1. The van der Waals surface area contributed by atoms with Gasteiger partial charge in [-0.15, -0.1) is 0 Å². The van der Waals surface area contributed by atoms with Crippen molar-refractivity contribution in [3.63, 3.8) is 0 Å². The van der Waals surface area contributed by atoms with Gasteiger partial charge >= 0.3 is 0 Å². The molecular weight excluding hydrogens is 386 g/mol. The van der Waals surface area contributed by atoms with Crippen molar-refractivity contribution < 1.29 is 4.74 Å². The summed E-state index contributed by atoms with van der Waals surface area (Å²) in [7, 11) is 0. The average Bonchev–Trinajstić information content (AvgIpc) is 3.21. The lowest BCUT2D eigenvalue weighted by atomic mass is 10.0. The highest BCUT2D eigenvalue weighted by Gasteiger charge is 2.19. The van der Waals surface area contributed by atoms with E-state index in [0.29, 0.717) is 18.6 Å². The van der Waals surface area contributed by atoms with E-state index in [4.69, 9.17) is 15.5 Å². The van der Waals surface area contributed by atoms with Crippen LogP contribution < -0.4 is 15.4 Å². The van der Waals surface area contributed by atoms with Crippen LogP contribution in [-0.2, 0) is 0 Å². The van der Waals surface area contributed by atoms with Crippen LogP contribution in [0.3, 0.4) is 0 Å². The van der Waals surface area contributed by atoms with Crippen molar-refractivity contribution in [2.75, 3.05) is 24.6 Å². The topological polar surface area (TPSA) is 69.2 Å². The summed E-state index contributed by atoms with van der Waals surface area (Å²) < 4.78 is 7.90. The van der Waals surface area contributed by atoms with Crippen molar-refractivity contribution in [1.29, 1.82) is 0 Å². The van der Waals surface area contributed by atoms with Gasteiger partial charge in [0.1, 0.15) is 17.9 Å². The lowest BCUT2D eigenvalue weighted by molar-refractivity contribution is 0.271. The molecule has 6 heteroatoms. The van der Waals surface area contributed by atoms with E-state index in [-0.39, 0.29) is 0 Å². The molecule has 5 rings (SSSR count). The van der Waals surface area contributed by atoms with Gasteiger partial charge in [0.25, 0.3) is 0 Å². The number of nitrogens with two attached hydrogens (primary N) is 1. The molecular formula is C25H29N5O. The molecule has 0 aliphatic carbocycles. The number of piperidine rings is 1. The Labute approximate surface area is 182 Å². The quantitative estimate of drug-likeness (QED) is 0.518. The number of pyridine rings is 1. The van der Waals surface area contributed by atoms with Gasteiger partial charge in [-0.2, -0.15) is 0 Å². The van der Waals surface area contributed by atoms with Crippen LogP contribution in [0.25, 0.3) is 27.8 Å². The van der Waals surface area contributed by atoms with Crippen LogP contribution in [0.15, 0.2) is 54.9 Å². The van der Waals surface area contributed by atoms with Crippen LogP contribution in [0.4, 0.5) is 5.69 Å². The van der Waals surface area contributed by atoms with Gasteiger partial charge in [0, 0.05) is 30.6 Å². The number of hydrogen-bond donors (Lipinski definition) is 1. The van der Waals surface area contributed by atoms with Crippen molar-refractivity contribution in [3.8, 4) is 11.6 Å². The minimum absolute atomic E-state index is 0.307. The summed E-state index contributed by atoms with van der Waals surface area (Å²) in [6, 6.07) is 17.0. The van der Waals surface area contributed by atoms with Crippen molar-refractivity contribution in [3.05, 3.63) is 54.9 Å². The van der Waals surface area contributed by atoms with Crippen LogP contribution in [0.1, 0.15) is 26.7 Å². The highest BCUT2D eigenvalue weighted by molar-refractivity contribution is 5.92. The first-order valence-electron chi connectivity index (χ1n) is 11.1. The molecule has 0 radical (unpaired) electrons. The van der Waals surface area contributed by atoms with E-state index in [0.717, 1.165) is 59.4 Å². The first kappa shape index (κ1) is 19.8. The molecule has 2 N–H and O–H groups in total. The number of para-hydroxylation sites is 1. The van der Waals surface area contributed by atoms with Crippen molar-refractivity contribution in [1.82, 2.24) is 14.5 Å². The van der Waals surface area contributed by atoms with E-state index in [1.54, 1.807) is 0 Å². The predicted octanol–water partition coefficient (Wildman–Crippen LogP) is 4.54. The zero-order valence-corrected chi connectivity index (χ0v) is 18.2. The number of benzene rings is 2.